The maximum absolute atomic E-state index is 12.0. The molecule has 6 nitrogen and oxygen atoms in total. The van der Waals surface area contributed by atoms with Gasteiger partial charge in [-0.1, -0.05) is 24.3 Å². The molecule has 0 saturated carbocycles. The largest absolute Gasteiger partial charge is 0.444 e. The van der Waals surface area contributed by atoms with Crippen LogP contribution >= 0.6 is 0 Å². The van der Waals surface area contributed by atoms with Gasteiger partial charge in [0, 0.05) is 12.7 Å². The molecule has 2 atom stereocenters. The van der Waals surface area contributed by atoms with Crippen molar-refractivity contribution in [3.63, 3.8) is 0 Å². The van der Waals surface area contributed by atoms with Gasteiger partial charge in [0.05, 0.1) is 17.8 Å². The summed E-state index contributed by atoms with van der Waals surface area (Å²) in [7, 11) is 0. The smallest absolute Gasteiger partial charge is 0.408 e. The minimum Gasteiger partial charge on any atom is -0.444 e. The van der Waals surface area contributed by atoms with Crippen molar-refractivity contribution < 1.29 is 14.6 Å². The number of hydrogen-bond acceptors (Lipinski definition) is 4. The molecule has 136 valence electrons. The first kappa shape index (κ1) is 19.0. The molecule has 0 spiro atoms. The lowest BCUT2D eigenvalue weighted by atomic mass is 10.00. The highest BCUT2D eigenvalue weighted by Crippen LogP contribution is 2.24. The van der Waals surface area contributed by atoms with Gasteiger partial charge in [-0.3, -0.25) is 4.68 Å². The Morgan fingerprint density at radius 1 is 1.28 bits per heavy atom. The summed E-state index contributed by atoms with van der Waals surface area (Å²) in [5, 5.41) is 17.1. The van der Waals surface area contributed by atoms with E-state index >= 15 is 0 Å². The number of nitrogens with zero attached hydrogens (tertiary/aromatic N) is 2. The molecule has 0 aliphatic rings. The van der Waals surface area contributed by atoms with Crippen LogP contribution in [-0.4, -0.2) is 32.7 Å². The fourth-order valence-corrected chi connectivity index (χ4v) is 2.61. The number of carbonyl (C=O) groups excluding carboxylic acids is 1. The molecular formula is C19H27N3O3. The maximum atomic E-state index is 12.0. The number of rotatable bonds is 5. The molecule has 0 aliphatic heterocycles. The number of aryl methyl sites for hydroxylation is 1. The van der Waals surface area contributed by atoms with Gasteiger partial charge in [-0.2, -0.15) is 5.10 Å². The minimum atomic E-state index is -0.750. The first-order valence-electron chi connectivity index (χ1n) is 8.51. The first-order valence-corrected chi connectivity index (χ1v) is 8.51. The number of aliphatic hydroxyl groups is 1. The molecule has 1 aromatic carbocycles. The molecule has 0 saturated heterocycles. The summed E-state index contributed by atoms with van der Waals surface area (Å²) in [5.74, 6) is 0. The Morgan fingerprint density at radius 2 is 1.92 bits per heavy atom. The zero-order chi connectivity index (χ0) is 18.6. The van der Waals surface area contributed by atoms with Crippen LogP contribution in [0.5, 0.6) is 0 Å². The fraction of sp³-hybridized carbons (Fsp3) is 0.474. The lowest BCUT2D eigenvalue weighted by Gasteiger charge is -2.25. The van der Waals surface area contributed by atoms with E-state index in [0.29, 0.717) is 0 Å². The normalized spacial score (nSPS) is 14.0. The average molecular weight is 345 g/mol. The van der Waals surface area contributed by atoms with Crippen LogP contribution in [0.4, 0.5) is 4.79 Å². The molecule has 0 aliphatic carbocycles. The number of benzene rings is 1. The second-order valence-electron chi connectivity index (χ2n) is 7.02. The van der Waals surface area contributed by atoms with E-state index in [9.17, 15) is 9.90 Å². The molecular weight excluding hydrogens is 318 g/mol. The number of amides is 1. The highest BCUT2D eigenvalue weighted by atomic mass is 16.6. The number of hydrogen-bond donors (Lipinski definition) is 2. The number of aromatic nitrogens is 2. The summed E-state index contributed by atoms with van der Waals surface area (Å²) in [6, 6.07) is 9.15. The van der Waals surface area contributed by atoms with Crippen LogP contribution in [0.2, 0.25) is 0 Å². The third-order valence-corrected chi connectivity index (χ3v) is 3.74. The van der Waals surface area contributed by atoms with E-state index in [-0.39, 0.29) is 0 Å². The van der Waals surface area contributed by atoms with Crippen molar-refractivity contribution in [1.29, 1.82) is 0 Å². The van der Waals surface area contributed by atoms with Gasteiger partial charge in [-0.05, 0) is 51.8 Å². The highest BCUT2D eigenvalue weighted by Gasteiger charge is 2.23. The monoisotopic (exact) mass is 345 g/mol. The molecule has 0 bridgehead atoms. The molecule has 0 radical (unpaired) electrons. The number of alkyl carbamates (subject to hydrolysis) is 1. The summed E-state index contributed by atoms with van der Waals surface area (Å²) < 4.78 is 7.20. The average Bonchev–Trinajstić information content (AvgIpc) is 2.99. The first-order chi connectivity index (χ1) is 11.7. The van der Waals surface area contributed by atoms with Gasteiger partial charge >= 0.3 is 6.09 Å². The quantitative estimate of drug-likeness (QED) is 0.869. The van der Waals surface area contributed by atoms with Gasteiger partial charge in [0.15, 0.2) is 0 Å². The van der Waals surface area contributed by atoms with E-state index in [1.165, 1.54) is 0 Å². The predicted molar refractivity (Wildman–Crippen MR) is 97.1 cm³/mol. The van der Waals surface area contributed by atoms with Gasteiger partial charge in [0.2, 0.25) is 0 Å². The molecule has 2 unspecified atom stereocenters. The van der Waals surface area contributed by atoms with Crippen molar-refractivity contribution in [3.05, 3.63) is 42.1 Å². The van der Waals surface area contributed by atoms with E-state index in [1.54, 1.807) is 33.9 Å². The van der Waals surface area contributed by atoms with E-state index < -0.39 is 23.8 Å². The van der Waals surface area contributed by atoms with Gasteiger partial charge in [-0.15, -0.1) is 0 Å². The van der Waals surface area contributed by atoms with Crippen LogP contribution in [-0.2, 0) is 11.3 Å². The SMILES string of the molecule is CCn1nccc1-c1ccc(C(NC(=O)OC(C)(C)C)C(C)O)cc1. The van der Waals surface area contributed by atoms with Crippen LogP contribution in [0.15, 0.2) is 36.5 Å². The summed E-state index contributed by atoms with van der Waals surface area (Å²) in [4.78, 5) is 12.0. The second kappa shape index (κ2) is 7.70. The molecule has 0 fully saturated rings. The van der Waals surface area contributed by atoms with Gasteiger partial charge in [-0.25, -0.2) is 4.79 Å². The Kier molecular flexibility index (Phi) is 5.85. The Hall–Kier alpha value is -2.34. The predicted octanol–water partition coefficient (Wildman–Crippen LogP) is 3.52. The molecule has 1 amide bonds. The number of carbonyl (C=O) groups is 1. The Bertz CT molecular complexity index is 699. The topological polar surface area (TPSA) is 76.4 Å². The molecule has 2 N–H and O–H groups in total. The zero-order valence-electron chi connectivity index (χ0n) is 15.5. The minimum absolute atomic E-state index is 0.542. The van der Waals surface area contributed by atoms with Crippen molar-refractivity contribution in [1.82, 2.24) is 15.1 Å². The summed E-state index contributed by atoms with van der Waals surface area (Å²) in [5.41, 5.74) is 2.29. The van der Waals surface area contributed by atoms with Crippen molar-refractivity contribution in [2.24, 2.45) is 0 Å². The third-order valence-electron chi connectivity index (χ3n) is 3.74. The van der Waals surface area contributed by atoms with Crippen LogP contribution in [0, 0.1) is 0 Å². The Morgan fingerprint density at radius 3 is 2.44 bits per heavy atom. The third kappa shape index (κ3) is 5.06. The van der Waals surface area contributed by atoms with Crippen molar-refractivity contribution >= 4 is 6.09 Å². The van der Waals surface area contributed by atoms with Crippen LogP contribution < -0.4 is 5.32 Å². The second-order valence-corrected chi connectivity index (χ2v) is 7.02. The van der Waals surface area contributed by atoms with Crippen LogP contribution in [0.1, 0.15) is 46.2 Å². The molecule has 25 heavy (non-hydrogen) atoms. The van der Waals surface area contributed by atoms with E-state index in [2.05, 4.69) is 10.4 Å². The summed E-state index contributed by atoms with van der Waals surface area (Å²) in [6.07, 6.45) is 0.473. The van der Waals surface area contributed by atoms with Gasteiger partial charge in [0.1, 0.15) is 5.60 Å². The van der Waals surface area contributed by atoms with Gasteiger partial charge in [0.25, 0.3) is 0 Å². The lowest BCUT2D eigenvalue weighted by molar-refractivity contribution is 0.0436. The standard InChI is InChI=1S/C19H27N3O3/c1-6-22-16(11-12-20-22)14-7-9-15(10-8-14)17(13(2)23)21-18(24)25-19(3,4)5/h7-13,17,23H,6H2,1-5H3,(H,21,24). The van der Waals surface area contributed by atoms with E-state index in [4.69, 9.17) is 4.74 Å². The number of aliphatic hydroxyl groups excluding tert-OH is 1. The Balaban J connectivity index is 2.18. The van der Waals surface area contributed by atoms with Crippen molar-refractivity contribution in [3.8, 4) is 11.3 Å². The highest BCUT2D eigenvalue weighted by molar-refractivity contribution is 5.68. The van der Waals surface area contributed by atoms with Gasteiger partial charge < -0.3 is 15.2 Å². The van der Waals surface area contributed by atoms with Crippen molar-refractivity contribution in [2.75, 3.05) is 0 Å². The molecule has 1 aromatic heterocycles. The van der Waals surface area contributed by atoms with E-state index in [0.717, 1.165) is 23.4 Å². The molecule has 2 aromatic rings. The molecule has 2 rings (SSSR count). The summed E-state index contributed by atoms with van der Waals surface area (Å²) in [6.45, 7) is 9.88. The maximum Gasteiger partial charge on any atom is 0.408 e. The zero-order valence-corrected chi connectivity index (χ0v) is 15.5. The Labute approximate surface area is 148 Å². The number of nitrogens with one attached hydrogen (secondary N) is 1. The van der Waals surface area contributed by atoms with E-state index in [1.807, 2.05) is 41.9 Å². The molecule has 1 heterocycles. The lowest BCUT2D eigenvalue weighted by Crippen LogP contribution is -2.38. The van der Waals surface area contributed by atoms with Crippen LogP contribution in [0.3, 0.4) is 0 Å². The fourth-order valence-electron chi connectivity index (χ4n) is 2.61. The molecule has 6 heteroatoms. The summed E-state index contributed by atoms with van der Waals surface area (Å²) >= 11 is 0. The van der Waals surface area contributed by atoms with Crippen molar-refractivity contribution in [2.45, 2.75) is 58.9 Å². The number of ether oxygens (including phenoxy) is 1. The van der Waals surface area contributed by atoms with Crippen LogP contribution in [0.25, 0.3) is 11.3 Å².